The van der Waals surface area contributed by atoms with Crippen molar-refractivity contribution < 1.29 is 44.9 Å². The summed E-state index contributed by atoms with van der Waals surface area (Å²) in [4.78, 5) is 51.1. The van der Waals surface area contributed by atoms with Crippen LogP contribution >= 0.6 is 22.7 Å². The summed E-state index contributed by atoms with van der Waals surface area (Å²) >= 11 is 2.06. The van der Waals surface area contributed by atoms with Gasteiger partial charge < -0.3 is 14.2 Å². The molecule has 0 spiro atoms. The van der Waals surface area contributed by atoms with Gasteiger partial charge in [0.05, 0.1) is 29.3 Å². The maximum absolute atomic E-state index is 13.6. The summed E-state index contributed by atoms with van der Waals surface area (Å²) < 4.78 is 25.2. The quantitative estimate of drug-likeness (QED) is 0.0321. The molecule has 0 saturated heterocycles. The van der Waals surface area contributed by atoms with Crippen LogP contribution in [0.1, 0.15) is 73.5 Å². The number of methoxy groups -OCH3 is 3. The Bertz CT molecular complexity index is 2680. The van der Waals surface area contributed by atoms with Crippen LogP contribution in [0.5, 0.6) is 23.0 Å². The summed E-state index contributed by atoms with van der Waals surface area (Å²) in [6.45, 7) is 12.4. The van der Waals surface area contributed by atoms with Gasteiger partial charge in [-0.25, -0.2) is 4.98 Å². The van der Waals surface area contributed by atoms with Crippen LogP contribution in [0, 0.1) is 20.8 Å². The van der Waals surface area contributed by atoms with Crippen molar-refractivity contribution in [2.24, 2.45) is 0 Å². The first-order valence-electron chi connectivity index (χ1n) is 19.0. The van der Waals surface area contributed by atoms with Crippen molar-refractivity contribution in [2.45, 2.75) is 67.2 Å². The molecule has 0 amide bonds. The van der Waals surface area contributed by atoms with Crippen molar-refractivity contribution in [1.82, 2.24) is 9.97 Å². The number of carbonyl (C=O) groups is 1. The van der Waals surface area contributed by atoms with Gasteiger partial charge in [-0.3, -0.25) is 4.79 Å². The van der Waals surface area contributed by atoms with Gasteiger partial charge in [0.2, 0.25) is 11.2 Å². The number of hydrogen-bond donors (Lipinski definition) is 0. The Kier molecular flexibility index (Phi) is 14.0. The fourth-order valence-corrected chi connectivity index (χ4v) is 11.0. The second-order valence-corrected chi connectivity index (χ2v) is 19.0. The number of alkyl halides is 1. The Balaban J connectivity index is 0.992. The number of allylic oxidation sites excluding steroid dienone is 5. The molecular formula is C46H48IN2O7S2-. The predicted molar refractivity (Wildman–Crippen MR) is 233 cm³/mol. The van der Waals surface area contributed by atoms with E-state index in [0.717, 1.165) is 61.4 Å². The number of benzene rings is 4. The van der Waals surface area contributed by atoms with E-state index in [9.17, 15) is 14.4 Å². The van der Waals surface area contributed by atoms with Crippen molar-refractivity contribution >= 4 is 46.9 Å². The number of nitrogens with zero attached hydrogens (tertiary/aromatic N) is 2. The van der Waals surface area contributed by atoms with E-state index in [1.54, 1.807) is 13.8 Å². The first-order chi connectivity index (χ1) is 27.8. The molecule has 2 aliphatic carbocycles. The largest absolute Gasteiger partial charge is 0.490 e. The van der Waals surface area contributed by atoms with Crippen LogP contribution in [-0.4, -0.2) is 46.1 Å². The van der Waals surface area contributed by atoms with Gasteiger partial charge in [-0.2, -0.15) is 0 Å². The number of rotatable bonds is 16. The summed E-state index contributed by atoms with van der Waals surface area (Å²) in [7, 11) is 4.49. The van der Waals surface area contributed by atoms with Crippen LogP contribution in [0.25, 0.3) is 41.6 Å². The fourth-order valence-electron chi connectivity index (χ4n) is 6.64. The van der Waals surface area contributed by atoms with Crippen LogP contribution in [-0.2, 0) is 0 Å². The van der Waals surface area contributed by atoms with Crippen molar-refractivity contribution in [2.75, 3.05) is 32.4 Å². The summed E-state index contributed by atoms with van der Waals surface area (Å²) in [5, 5.41) is 0. The van der Waals surface area contributed by atoms with Crippen LogP contribution < -0.4 is 51.0 Å². The minimum Gasteiger partial charge on any atom is -0.490 e. The number of fused-ring (bicyclic) bond motifs is 4. The molecule has 0 saturated carbocycles. The second-order valence-electron chi connectivity index (χ2n) is 14.3. The van der Waals surface area contributed by atoms with Crippen LogP contribution in [0.4, 0.5) is 0 Å². The first kappa shape index (κ1) is 42.9. The van der Waals surface area contributed by atoms with Crippen LogP contribution in [0.15, 0.2) is 80.9 Å². The molecule has 0 fully saturated rings. The Morgan fingerprint density at radius 3 is 1.98 bits per heavy atom. The van der Waals surface area contributed by atoms with Gasteiger partial charge in [-0.15, -0.1) is 11.3 Å². The normalized spacial score (nSPS) is 12.6. The molecule has 58 heavy (non-hydrogen) atoms. The van der Waals surface area contributed by atoms with E-state index < -0.39 is 21.2 Å². The molecular weight excluding hydrogens is 884 g/mol. The molecule has 2 heterocycles. The van der Waals surface area contributed by atoms with Gasteiger partial charge in [0.15, 0.2) is 5.75 Å². The van der Waals surface area contributed by atoms with E-state index >= 15 is 0 Å². The van der Waals surface area contributed by atoms with Crippen LogP contribution in [0.2, 0.25) is 0 Å². The number of ether oxygens (including phenoxy) is 4. The molecule has 4 aliphatic rings. The molecule has 0 N–H and O–H groups in total. The van der Waals surface area contributed by atoms with E-state index in [-0.39, 0.29) is 26.0 Å². The fraction of sp³-hybridized carbons (Fsp3) is 0.326. The Morgan fingerprint density at radius 1 is 0.690 bits per heavy atom. The van der Waals surface area contributed by atoms with E-state index in [1.165, 1.54) is 60.7 Å². The zero-order valence-electron chi connectivity index (χ0n) is 34.4. The molecule has 2 aliphatic heterocycles. The van der Waals surface area contributed by atoms with E-state index in [4.69, 9.17) is 28.9 Å². The molecule has 2 aromatic rings. The standard InChI is InChI=1S/C46H48IN2O7S2/c1-25(12-10-14-26(2)20-21-56-31-17-19-34-33(23-31)49-38-42(54-8)43(55-9)40(51)30(6)45(38)57-34)13-11-15-28(4)24-47-46(52)36-39(50)29(5)44-37(41(36)53-7)48-32-18-16-27(3)22-35(32)58-44/h12,15-20,22-23H,10-11,13-14,21,24H2,1-9H3/q-1/b25-12+,26-20+,28-15+. The monoisotopic (exact) mass is 931 g/mol. The summed E-state index contributed by atoms with van der Waals surface area (Å²) in [6.07, 6.45) is 10.3. The molecule has 0 unspecified atom stereocenters. The van der Waals surface area contributed by atoms with Gasteiger partial charge in [-0.1, -0.05) is 0 Å². The average Bonchev–Trinajstić information content (AvgIpc) is 3.21. The molecule has 12 heteroatoms. The van der Waals surface area contributed by atoms with E-state index in [2.05, 4.69) is 45.1 Å². The van der Waals surface area contributed by atoms with Crippen molar-refractivity contribution in [1.29, 1.82) is 0 Å². The minimum absolute atomic E-state index is 0.110. The third-order valence-electron chi connectivity index (χ3n) is 9.98. The Hall–Kier alpha value is -4.66. The third-order valence-corrected chi connectivity index (χ3v) is 15.3. The number of halogens is 1. The topological polar surface area (TPSA) is 114 Å². The first-order valence-corrected chi connectivity index (χ1v) is 23.2. The smallest absolute Gasteiger partial charge is 0.228 e. The number of aryl methyl sites for hydroxylation is 1. The predicted octanol–water partition coefficient (Wildman–Crippen LogP) is 7.49. The summed E-state index contributed by atoms with van der Waals surface area (Å²) in [5.74, 6) is 1.52. The SMILES string of the molecule is COc1c2nc3cc(OC/C=C(\C)CC/C=C(\C)CC/C=C(\C)C[I-]C(=O)c4c(OC)c5nc6ccc(C)cc6sc-5c(C)c4=O)ccc3sc-2c(C)c(=O)c1OC. The van der Waals surface area contributed by atoms with Gasteiger partial charge in [-0.05, 0) is 19.1 Å². The molecule has 304 valence electrons. The zero-order valence-corrected chi connectivity index (χ0v) is 38.2. The average molecular weight is 932 g/mol. The molecule has 0 radical (unpaired) electrons. The second kappa shape index (κ2) is 18.9. The third kappa shape index (κ3) is 9.29. The minimum atomic E-state index is -0.962. The van der Waals surface area contributed by atoms with Gasteiger partial charge >= 0.3 is 236 Å². The molecule has 2 aromatic carbocycles. The van der Waals surface area contributed by atoms with Crippen molar-refractivity contribution in [3.8, 4) is 44.1 Å². The Morgan fingerprint density at radius 2 is 1.29 bits per heavy atom. The van der Waals surface area contributed by atoms with Gasteiger partial charge in [0.25, 0.3) is 0 Å². The molecule has 0 bridgehead atoms. The molecule has 9 nitrogen and oxygen atoms in total. The van der Waals surface area contributed by atoms with E-state index in [0.29, 0.717) is 50.8 Å². The van der Waals surface area contributed by atoms with Gasteiger partial charge in [0.1, 0.15) is 11.4 Å². The number of aromatic nitrogens is 2. The van der Waals surface area contributed by atoms with Crippen molar-refractivity contribution in [3.63, 3.8) is 0 Å². The number of carbonyl (C=O) groups excluding carboxylic acids is 1. The maximum atomic E-state index is 13.6. The molecule has 0 aromatic heterocycles. The van der Waals surface area contributed by atoms with Crippen LogP contribution in [0.3, 0.4) is 0 Å². The van der Waals surface area contributed by atoms with E-state index in [1.807, 2.05) is 37.3 Å². The Labute approximate surface area is 357 Å². The van der Waals surface area contributed by atoms with Gasteiger partial charge in [0, 0.05) is 11.6 Å². The summed E-state index contributed by atoms with van der Waals surface area (Å²) in [6, 6.07) is 11.9. The maximum Gasteiger partial charge on any atom is 0.228 e. The molecule has 6 rings (SSSR count). The summed E-state index contributed by atoms with van der Waals surface area (Å²) in [5.41, 5.74) is 8.47. The molecule has 0 atom stereocenters. The zero-order chi connectivity index (χ0) is 41.7. The van der Waals surface area contributed by atoms with Crippen molar-refractivity contribution in [3.05, 3.63) is 114 Å². The number of hydrogen-bond acceptors (Lipinski definition) is 11.